The smallest absolute Gasteiger partial charge is 0.145 e. The number of fused-ring (bicyclic) bond motifs is 2. The van der Waals surface area contributed by atoms with Crippen LogP contribution in [0.25, 0.3) is 0 Å². The zero-order chi connectivity index (χ0) is 13.4. The monoisotopic (exact) mass is 281 g/mol. The van der Waals surface area contributed by atoms with E-state index in [9.17, 15) is 4.39 Å². The van der Waals surface area contributed by atoms with Gasteiger partial charge in [0, 0.05) is 6.04 Å². The quantitative estimate of drug-likeness (QED) is 0.880. The van der Waals surface area contributed by atoms with E-state index in [1.807, 2.05) is 0 Å². The topological polar surface area (TPSA) is 26.0 Å². The molecule has 2 aliphatic rings. The van der Waals surface area contributed by atoms with E-state index in [1.54, 1.807) is 18.2 Å². The van der Waals surface area contributed by atoms with Crippen LogP contribution in [-0.2, 0) is 6.42 Å². The molecule has 2 fully saturated rings. The molecule has 2 N–H and O–H groups in total. The van der Waals surface area contributed by atoms with E-state index in [0.29, 0.717) is 12.0 Å². The van der Waals surface area contributed by atoms with Gasteiger partial charge in [0.25, 0.3) is 0 Å². The Hall–Kier alpha value is -0.600. The van der Waals surface area contributed by atoms with Crippen molar-refractivity contribution in [2.24, 2.45) is 23.5 Å². The third kappa shape index (κ3) is 2.80. The van der Waals surface area contributed by atoms with Gasteiger partial charge in [-0.3, -0.25) is 0 Å². The van der Waals surface area contributed by atoms with Crippen molar-refractivity contribution < 1.29 is 4.39 Å². The summed E-state index contributed by atoms with van der Waals surface area (Å²) in [4.78, 5) is 0. The van der Waals surface area contributed by atoms with Crippen LogP contribution in [0.4, 0.5) is 4.39 Å². The number of nitrogens with two attached hydrogens (primary N) is 1. The molecular weight excluding hydrogens is 261 g/mol. The molecule has 0 radical (unpaired) electrons. The summed E-state index contributed by atoms with van der Waals surface area (Å²) in [5, 5.41) is 0.199. The Morgan fingerprint density at radius 3 is 2.84 bits per heavy atom. The number of halogens is 2. The minimum atomic E-state index is -0.299. The average molecular weight is 282 g/mol. The molecule has 4 unspecified atom stereocenters. The normalized spacial score (nSPS) is 30.8. The Morgan fingerprint density at radius 2 is 2.16 bits per heavy atom. The van der Waals surface area contributed by atoms with Crippen LogP contribution in [0.2, 0.25) is 5.02 Å². The molecule has 1 nitrogen and oxygen atoms in total. The molecule has 104 valence electrons. The third-order valence-electron chi connectivity index (χ3n) is 5.00. The predicted octanol–water partition coefficient (Wildman–Crippen LogP) is 4.18. The maximum absolute atomic E-state index is 13.8. The van der Waals surface area contributed by atoms with E-state index in [4.69, 9.17) is 17.3 Å². The molecule has 1 aromatic carbocycles. The minimum absolute atomic E-state index is 0.0531. The van der Waals surface area contributed by atoms with Crippen molar-refractivity contribution in [3.8, 4) is 0 Å². The largest absolute Gasteiger partial charge is 0.327 e. The Labute approximate surface area is 119 Å². The van der Waals surface area contributed by atoms with Crippen LogP contribution in [0.3, 0.4) is 0 Å². The first-order chi connectivity index (χ1) is 9.13. The van der Waals surface area contributed by atoms with Gasteiger partial charge in [0.05, 0.1) is 5.02 Å². The molecule has 19 heavy (non-hydrogen) atoms. The summed E-state index contributed by atoms with van der Waals surface area (Å²) in [5.41, 5.74) is 6.88. The number of benzene rings is 1. The second kappa shape index (κ2) is 5.41. The zero-order valence-electron chi connectivity index (χ0n) is 11.1. The van der Waals surface area contributed by atoms with E-state index in [2.05, 4.69) is 0 Å². The maximum atomic E-state index is 13.8. The van der Waals surface area contributed by atoms with Gasteiger partial charge in [-0.05, 0) is 61.5 Å². The van der Waals surface area contributed by atoms with Gasteiger partial charge in [0.15, 0.2) is 0 Å². The van der Waals surface area contributed by atoms with Crippen molar-refractivity contribution in [1.29, 1.82) is 0 Å². The van der Waals surface area contributed by atoms with Gasteiger partial charge in [0.1, 0.15) is 5.82 Å². The molecule has 3 rings (SSSR count). The lowest BCUT2D eigenvalue weighted by atomic mass is 9.83. The molecule has 2 bridgehead atoms. The van der Waals surface area contributed by atoms with Gasteiger partial charge in [-0.25, -0.2) is 4.39 Å². The summed E-state index contributed by atoms with van der Waals surface area (Å²) in [6.07, 6.45) is 7.18. The summed E-state index contributed by atoms with van der Waals surface area (Å²) in [6.45, 7) is 0. The fraction of sp³-hybridized carbons (Fsp3) is 0.625. The lowest BCUT2D eigenvalue weighted by Gasteiger charge is -2.24. The summed E-state index contributed by atoms with van der Waals surface area (Å²) in [5.74, 6) is 2.31. The fourth-order valence-corrected chi connectivity index (χ4v) is 4.32. The molecular formula is C16H21ClFN. The zero-order valence-corrected chi connectivity index (χ0v) is 11.9. The molecule has 4 atom stereocenters. The van der Waals surface area contributed by atoms with Crippen LogP contribution in [0.1, 0.15) is 37.7 Å². The second-order valence-electron chi connectivity index (χ2n) is 6.35. The van der Waals surface area contributed by atoms with E-state index in [0.717, 1.165) is 24.2 Å². The first-order valence-corrected chi connectivity index (χ1v) is 7.69. The van der Waals surface area contributed by atoms with Crippen LogP contribution < -0.4 is 5.73 Å². The first kappa shape index (κ1) is 13.4. The Bertz CT molecular complexity index is 462. The summed E-state index contributed by atoms with van der Waals surface area (Å²) in [6, 6.07) is 5.23. The molecule has 0 amide bonds. The highest BCUT2D eigenvalue weighted by atomic mass is 35.5. The average Bonchev–Trinajstić information content (AvgIpc) is 2.97. The molecule has 3 heteroatoms. The molecule has 2 saturated carbocycles. The molecule has 0 saturated heterocycles. The number of rotatable bonds is 4. The molecule has 0 spiro atoms. The van der Waals surface area contributed by atoms with Gasteiger partial charge in [-0.2, -0.15) is 0 Å². The molecule has 0 aliphatic heterocycles. The summed E-state index contributed by atoms with van der Waals surface area (Å²) in [7, 11) is 0. The van der Waals surface area contributed by atoms with Gasteiger partial charge in [0.2, 0.25) is 0 Å². The standard InChI is InChI=1S/C16H21ClFN/c17-15-3-1-2-12(16(15)18)8-14(19)9-13-7-10-4-5-11(13)6-10/h1-3,10-11,13-14H,4-9,19H2. The fourth-order valence-electron chi connectivity index (χ4n) is 4.13. The highest BCUT2D eigenvalue weighted by molar-refractivity contribution is 6.30. The van der Waals surface area contributed by atoms with Crippen LogP contribution in [-0.4, -0.2) is 6.04 Å². The summed E-state index contributed by atoms with van der Waals surface area (Å²) >= 11 is 5.80. The number of hydrogen-bond acceptors (Lipinski definition) is 1. The Kier molecular flexibility index (Phi) is 3.81. The first-order valence-electron chi connectivity index (χ1n) is 7.32. The van der Waals surface area contributed by atoms with Crippen molar-refractivity contribution in [3.05, 3.63) is 34.6 Å². The summed E-state index contributed by atoms with van der Waals surface area (Å²) < 4.78 is 13.8. The van der Waals surface area contributed by atoms with Crippen molar-refractivity contribution in [2.45, 2.75) is 44.6 Å². The molecule has 2 aliphatic carbocycles. The van der Waals surface area contributed by atoms with Gasteiger partial charge < -0.3 is 5.73 Å². The van der Waals surface area contributed by atoms with Crippen LogP contribution in [0.5, 0.6) is 0 Å². The van der Waals surface area contributed by atoms with Gasteiger partial charge in [-0.15, -0.1) is 0 Å². The highest BCUT2D eigenvalue weighted by Gasteiger charge is 2.39. The second-order valence-corrected chi connectivity index (χ2v) is 6.75. The Balaban J connectivity index is 1.59. The van der Waals surface area contributed by atoms with E-state index < -0.39 is 0 Å². The lowest BCUT2D eigenvalue weighted by Crippen LogP contribution is -2.28. The molecule has 0 heterocycles. The predicted molar refractivity (Wildman–Crippen MR) is 76.6 cm³/mol. The highest BCUT2D eigenvalue weighted by Crippen LogP contribution is 2.49. The van der Waals surface area contributed by atoms with Crippen molar-refractivity contribution in [1.82, 2.24) is 0 Å². The van der Waals surface area contributed by atoms with Gasteiger partial charge >= 0.3 is 0 Å². The maximum Gasteiger partial charge on any atom is 0.145 e. The number of hydrogen-bond donors (Lipinski definition) is 1. The SMILES string of the molecule is NC(Cc1cccc(Cl)c1F)CC1CC2CCC1C2. The van der Waals surface area contributed by atoms with E-state index in [1.165, 1.54) is 25.7 Å². The Morgan fingerprint density at radius 1 is 1.32 bits per heavy atom. The van der Waals surface area contributed by atoms with Crippen molar-refractivity contribution >= 4 is 11.6 Å². The molecule has 0 aromatic heterocycles. The van der Waals surface area contributed by atoms with Crippen molar-refractivity contribution in [2.75, 3.05) is 0 Å². The third-order valence-corrected chi connectivity index (χ3v) is 5.30. The van der Waals surface area contributed by atoms with Crippen LogP contribution in [0, 0.1) is 23.6 Å². The van der Waals surface area contributed by atoms with E-state index in [-0.39, 0.29) is 16.9 Å². The van der Waals surface area contributed by atoms with E-state index >= 15 is 0 Å². The van der Waals surface area contributed by atoms with Crippen LogP contribution >= 0.6 is 11.6 Å². The van der Waals surface area contributed by atoms with Gasteiger partial charge in [-0.1, -0.05) is 30.2 Å². The molecule has 1 aromatic rings. The van der Waals surface area contributed by atoms with Crippen molar-refractivity contribution in [3.63, 3.8) is 0 Å². The minimum Gasteiger partial charge on any atom is -0.327 e. The van der Waals surface area contributed by atoms with Crippen LogP contribution in [0.15, 0.2) is 18.2 Å². The lowest BCUT2D eigenvalue weighted by molar-refractivity contribution is 0.293.